The van der Waals surface area contributed by atoms with E-state index in [9.17, 15) is 42.0 Å². The Bertz CT molecular complexity index is 2290. The lowest BCUT2D eigenvalue weighted by atomic mass is 9.87. The van der Waals surface area contributed by atoms with Gasteiger partial charge in [0, 0.05) is 50.3 Å². The Morgan fingerprint density at radius 3 is 2.51 bits per heavy atom. The molecule has 0 aromatic heterocycles. The molecule has 2 aromatic carbocycles. The first-order valence-corrected chi connectivity index (χ1v) is 24.2. The first-order valence-electron chi connectivity index (χ1n) is 21.3. The number of likely N-dealkylation sites (tertiary alicyclic amines) is 1. The van der Waals surface area contributed by atoms with Crippen molar-refractivity contribution in [2.75, 3.05) is 71.5 Å². The lowest BCUT2D eigenvalue weighted by Gasteiger charge is -2.41. The molecular weight excluding hydrogens is 855 g/mol. The van der Waals surface area contributed by atoms with Gasteiger partial charge in [-0.2, -0.15) is 0 Å². The smallest absolute Gasteiger partial charge is 0.262 e. The maximum absolute atomic E-state index is 13.3. The Morgan fingerprint density at radius 1 is 0.968 bits per heavy atom. The fourth-order valence-electron chi connectivity index (χ4n) is 9.12. The molecule has 0 spiro atoms. The number of hydrogen-bond donors (Lipinski definition) is 5. The molecule has 6 aliphatic heterocycles. The molecule has 8 rings (SSSR count). The summed E-state index contributed by atoms with van der Waals surface area (Å²) in [6.45, 7) is 2.68. The van der Waals surface area contributed by atoms with E-state index in [0.29, 0.717) is 38.4 Å². The fourth-order valence-corrected chi connectivity index (χ4v) is 11.2. The van der Waals surface area contributed by atoms with Gasteiger partial charge >= 0.3 is 0 Å². The minimum Gasteiger partial charge on any atom is -0.493 e. The summed E-state index contributed by atoms with van der Waals surface area (Å²) in [7, 11) is -1.40. The molecule has 0 aliphatic carbocycles. The number of nitrogens with zero attached hydrogens (tertiary/aromatic N) is 4. The molecule has 0 saturated carbocycles. The topological polar surface area (TPSA) is 236 Å². The van der Waals surface area contributed by atoms with Crippen LogP contribution in [0.1, 0.15) is 75.9 Å². The molecule has 6 atom stereocenters. The van der Waals surface area contributed by atoms with Crippen LogP contribution in [0.3, 0.4) is 0 Å². The van der Waals surface area contributed by atoms with Crippen LogP contribution >= 0.6 is 11.8 Å². The molecule has 0 radical (unpaired) electrons. The van der Waals surface area contributed by atoms with Gasteiger partial charge in [0.1, 0.15) is 17.3 Å². The van der Waals surface area contributed by atoms with Crippen LogP contribution in [-0.2, 0) is 34.0 Å². The number of sulfonamides is 1. The third-order valence-corrected chi connectivity index (χ3v) is 15.2. The fraction of sp³-hybridized carbons (Fsp3) is 0.548. The van der Waals surface area contributed by atoms with E-state index >= 15 is 0 Å². The quantitative estimate of drug-likeness (QED) is 0.151. The number of ether oxygens (including phenoxy) is 1. The van der Waals surface area contributed by atoms with Gasteiger partial charge in [-0.1, -0.05) is 24.3 Å². The Labute approximate surface area is 369 Å². The Balaban J connectivity index is 0.750. The first kappa shape index (κ1) is 44.7. The number of benzene rings is 2. The molecule has 5 saturated heterocycles. The summed E-state index contributed by atoms with van der Waals surface area (Å²) in [6, 6.07) is 12.1. The minimum atomic E-state index is -3.36. The molecule has 6 heterocycles. The zero-order chi connectivity index (χ0) is 44.6. The molecule has 7 amide bonds. The Morgan fingerprint density at radius 2 is 1.75 bits per heavy atom. The molecule has 19 nitrogen and oxygen atoms in total. The summed E-state index contributed by atoms with van der Waals surface area (Å²) in [4.78, 5) is 93.5. The van der Waals surface area contributed by atoms with Crippen LogP contribution in [0.4, 0.5) is 0 Å². The minimum absolute atomic E-state index is 0.00427. The van der Waals surface area contributed by atoms with Gasteiger partial charge < -0.3 is 25.6 Å². The first-order chi connectivity index (χ1) is 30.1. The molecule has 5 N–H and O–H groups in total. The molecule has 5 fully saturated rings. The monoisotopic (exact) mass is 907 g/mol. The average Bonchev–Trinajstić information content (AvgIpc) is 3.99. The van der Waals surface area contributed by atoms with Gasteiger partial charge in [-0.15, -0.1) is 11.8 Å². The van der Waals surface area contributed by atoms with Crippen LogP contribution in [0.5, 0.6) is 5.75 Å². The van der Waals surface area contributed by atoms with Crippen LogP contribution < -0.4 is 31.3 Å². The van der Waals surface area contributed by atoms with E-state index in [4.69, 9.17) is 4.74 Å². The number of carbonyl (C=O) groups excluding carboxylic acids is 7. The van der Waals surface area contributed by atoms with E-state index in [1.807, 2.05) is 11.9 Å². The van der Waals surface area contributed by atoms with Gasteiger partial charge in [-0.25, -0.2) is 12.7 Å². The highest BCUT2D eigenvalue weighted by Gasteiger charge is 2.45. The number of rotatable bonds is 14. The lowest BCUT2D eigenvalue weighted by Crippen LogP contribution is -2.57. The SMILES string of the molecule is CN(CC(=O)N1CC(COc2ccc3c(c2)C(=O)N(C2CCC(=O)NC2=O)C3=O)C1)C1CC(c2cccc(C3CSC(NC(=O)CNC(=O)C4CCN(S(C)(=O)=O)C4)N3)c2)CCN1. The molecule has 0 bridgehead atoms. The number of fused-ring (bicyclic) bond motifs is 1. The average molecular weight is 908 g/mol. The van der Waals surface area contributed by atoms with Crippen molar-refractivity contribution in [3.63, 3.8) is 0 Å². The highest BCUT2D eigenvalue weighted by molar-refractivity contribution is 8.00. The van der Waals surface area contributed by atoms with Gasteiger partial charge in [-0.3, -0.25) is 54.0 Å². The predicted molar refractivity (Wildman–Crippen MR) is 229 cm³/mol. The summed E-state index contributed by atoms with van der Waals surface area (Å²) in [6.07, 6.45) is 3.45. The molecule has 2 aromatic rings. The number of amides is 7. The molecule has 338 valence electrons. The number of hydrogen-bond acceptors (Lipinski definition) is 14. The van der Waals surface area contributed by atoms with Crippen LogP contribution in [-0.4, -0.2) is 158 Å². The Kier molecular flexibility index (Phi) is 13.2. The van der Waals surface area contributed by atoms with Crippen molar-refractivity contribution in [1.29, 1.82) is 0 Å². The molecule has 6 aliphatic rings. The van der Waals surface area contributed by atoms with E-state index in [1.54, 1.807) is 17.8 Å². The maximum Gasteiger partial charge on any atom is 0.262 e. The number of nitrogens with one attached hydrogen (secondary N) is 5. The zero-order valence-electron chi connectivity index (χ0n) is 35.2. The van der Waals surface area contributed by atoms with E-state index in [0.717, 1.165) is 41.9 Å². The maximum atomic E-state index is 13.3. The normalized spacial score (nSPS) is 26.7. The van der Waals surface area contributed by atoms with Crippen molar-refractivity contribution >= 4 is 63.1 Å². The summed E-state index contributed by atoms with van der Waals surface area (Å²) < 4.78 is 30.8. The van der Waals surface area contributed by atoms with E-state index in [-0.39, 0.29) is 90.9 Å². The highest BCUT2D eigenvalue weighted by Crippen LogP contribution is 2.34. The van der Waals surface area contributed by atoms with Crippen LogP contribution in [0.2, 0.25) is 0 Å². The number of carbonyl (C=O) groups is 7. The summed E-state index contributed by atoms with van der Waals surface area (Å²) >= 11 is 1.58. The number of thioether (sulfide) groups is 1. The van der Waals surface area contributed by atoms with Gasteiger partial charge in [0.2, 0.25) is 39.6 Å². The van der Waals surface area contributed by atoms with Gasteiger partial charge in [0.25, 0.3) is 11.8 Å². The van der Waals surface area contributed by atoms with E-state index in [1.165, 1.54) is 22.0 Å². The van der Waals surface area contributed by atoms with Crippen molar-refractivity contribution < 1.29 is 46.7 Å². The summed E-state index contributed by atoms with van der Waals surface area (Å²) in [5.41, 5.74) is 2.35. The summed E-state index contributed by atoms with van der Waals surface area (Å²) in [5.74, 6) is -1.84. The zero-order valence-corrected chi connectivity index (χ0v) is 36.8. The molecular formula is C42H53N9O10S2. The third-order valence-electron chi connectivity index (χ3n) is 12.8. The van der Waals surface area contributed by atoms with Gasteiger partial charge in [0.05, 0.1) is 49.2 Å². The van der Waals surface area contributed by atoms with Crippen molar-refractivity contribution in [3.8, 4) is 5.75 Å². The third kappa shape index (κ3) is 10.1. The second kappa shape index (κ2) is 18.7. The second-order valence-electron chi connectivity index (χ2n) is 17.2. The predicted octanol–water partition coefficient (Wildman–Crippen LogP) is -0.475. The largest absolute Gasteiger partial charge is 0.493 e. The molecule has 21 heteroatoms. The molecule has 6 unspecified atom stereocenters. The van der Waals surface area contributed by atoms with Gasteiger partial charge in [0.15, 0.2) is 0 Å². The lowest BCUT2D eigenvalue weighted by molar-refractivity contribution is -0.140. The number of likely N-dealkylation sites (N-methyl/N-ethyl adjacent to an activating group) is 1. The van der Waals surface area contributed by atoms with Crippen molar-refractivity contribution in [1.82, 2.24) is 45.6 Å². The van der Waals surface area contributed by atoms with Crippen molar-refractivity contribution in [3.05, 3.63) is 64.7 Å². The van der Waals surface area contributed by atoms with E-state index < -0.39 is 45.6 Å². The highest BCUT2D eigenvalue weighted by atomic mass is 32.2. The Hall–Kier alpha value is -4.93. The van der Waals surface area contributed by atoms with Crippen molar-refractivity contribution in [2.24, 2.45) is 11.8 Å². The second-order valence-corrected chi connectivity index (χ2v) is 20.4. The molecule has 63 heavy (non-hydrogen) atoms. The van der Waals surface area contributed by atoms with Crippen LogP contribution in [0.15, 0.2) is 42.5 Å². The summed E-state index contributed by atoms with van der Waals surface area (Å²) in [5, 5.41) is 14.8. The van der Waals surface area contributed by atoms with Crippen LogP contribution in [0, 0.1) is 11.8 Å². The van der Waals surface area contributed by atoms with E-state index in [2.05, 4.69) is 55.7 Å². The number of piperidine rings is 2. The standard InChI is InChI=1S/C42H53N9O10S2/c1-48(21-37(54)49-18-24(19-49)22-61-29-6-7-30-31(16-29)41(58)51(40(30)57)33-8-9-35(52)46-39(33)56)34-15-26(10-12-43-34)25-4-3-5-27(14-25)32-23-62-42(45-32)47-36(53)17-44-38(55)28-11-13-50(20-28)63(2,59)60/h3-7,14,16,24,26,28,32-34,42-43,45H,8-13,15,17-23H2,1-2H3,(H,44,55)(H,47,53)(H,46,52,56). The number of imide groups is 2. The van der Waals surface area contributed by atoms with Gasteiger partial charge in [-0.05, 0) is 74.5 Å². The van der Waals surface area contributed by atoms with Crippen LogP contribution in [0.25, 0.3) is 0 Å². The van der Waals surface area contributed by atoms with Crippen molar-refractivity contribution in [2.45, 2.75) is 61.8 Å².